The first-order valence-corrected chi connectivity index (χ1v) is 11.2. The van der Waals surface area contributed by atoms with E-state index in [0.29, 0.717) is 22.7 Å². The lowest BCUT2D eigenvalue weighted by atomic mass is 10.0. The Morgan fingerprint density at radius 3 is 2.27 bits per heavy atom. The first-order chi connectivity index (χ1) is 16.1. The molecule has 2 amide bonds. The van der Waals surface area contributed by atoms with E-state index in [1.807, 2.05) is 42.5 Å². The van der Waals surface area contributed by atoms with Crippen LogP contribution in [-0.2, 0) is 4.79 Å². The summed E-state index contributed by atoms with van der Waals surface area (Å²) in [5.74, 6) is 0.628. The van der Waals surface area contributed by atoms with Crippen molar-refractivity contribution in [1.82, 2.24) is 5.32 Å². The number of hydrogen-bond donors (Lipinski definition) is 2. The fraction of sp³-hybridized carbons (Fsp3) is 0.259. The number of anilines is 1. The predicted octanol–water partition coefficient (Wildman–Crippen LogP) is 5.05. The minimum Gasteiger partial charge on any atom is -0.493 e. The molecule has 4 rings (SSSR count). The van der Waals surface area contributed by atoms with E-state index in [-0.39, 0.29) is 24.5 Å². The largest absolute Gasteiger partial charge is 0.493 e. The number of ether oxygens (including phenoxy) is 2. The summed E-state index contributed by atoms with van der Waals surface area (Å²) in [7, 11) is 1.59. The molecule has 2 N–H and O–H groups in total. The molecule has 1 saturated carbocycles. The van der Waals surface area contributed by atoms with Crippen LogP contribution in [0.5, 0.6) is 11.5 Å². The van der Waals surface area contributed by atoms with Gasteiger partial charge in [0.1, 0.15) is 0 Å². The van der Waals surface area contributed by atoms with E-state index in [4.69, 9.17) is 9.47 Å². The third kappa shape index (κ3) is 5.92. The number of rotatable bonds is 8. The van der Waals surface area contributed by atoms with Crippen molar-refractivity contribution >= 4 is 17.5 Å². The monoisotopic (exact) mass is 444 g/mol. The van der Waals surface area contributed by atoms with Crippen LogP contribution in [0.25, 0.3) is 11.1 Å². The highest BCUT2D eigenvalue weighted by atomic mass is 16.5. The van der Waals surface area contributed by atoms with Gasteiger partial charge in [-0.1, -0.05) is 42.5 Å². The van der Waals surface area contributed by atoms with E-state index in [2.05, 4.69) is 10.6 Å². The maximum absolute atomic E-state index is 12.5. The van der Waals surface area contributed by atoms with Crippen LogP contribution in [0.3, 0.4) is 0 Å². The highest BCUT2D eigenvalue weighted by Gasteiger charge is 2.19. The highest BCUT2D eigenvalue weighted by Crippen LogP contribution is 2.33. The van der Waals surface area contributed by atoms with Crippen molar-refractivity contribution in [3.8, 4) is 22.6 Å². The second kappa shape index (κ2) is 10.7. The van der Waals surface area contributed by atoms with Crippen LogP contribution in [0.2, 0.25) is 0 Å². The van der Waals surface area contributed by atoms with Crippen LogP contribution in [0.1, 0.15) is 36.0 Å². The Bertz CT molecular complexity index is 1090. The van der Waals surface area contributed by atoms with Gasteiger partial charge in [-0.15, -0.1) is 0 Å². The average Bonchev–Trinajstić information content (AvgIpc) is 3.36. The van der Waals surface area contributed by atoms with Crippen LogP contribution < -0.4 is 20.1 Å². The Balaban J connectivity index is 1.32. The summed E-state index contributed by atoms with van der Waals surface area (Å²) in [4.78, 5) is 24.9. The standard InChI is InChI=1S/C27H28N2O4/c1-32-24-16-15-22(17-25(24)33-23-9-5-6-10-23)29-26(30)18-28-27(31)21-13-11-20(12-14-21)19-7-3-2-4-8-19/h2-4,7-8,11-17,23H,5-6,9-10,18H2,1H3,(H,28,31)(H,29,30). The van der Waals surface area contributed by atoms with Gasteiger partial charge < -0.3 is 20.1 Å². The number of amides is 2. The number of benzene rings is 3. The highest BCUT2D eigenvalue weighted by molar-refractivity contribution is 5.99. The molecule has 0 spiro atoms. The smallest absolute Gasteiger partial charge is 0.251 e. The van der Waals surface area contributed by atoms with Crippen molar-refractivity contribution in [2.75, 3.05) is 19.0 Å². The fourth-order valence-electron chi connectivity index (χ4n) is 3.94. The first kappa shape index (κ1) is 22.4. The molecule has 0 unspecified atom stereocenters. The Morgan fingerprint density at radius 2 is 1.58 bits per heavy atom. The van der Waals surface area contributed by atoms with Gasteiger partial charge in [-0.2, -0.15) is 0 Å². The second-order valence-corrected chi connectivity index (χ2v) is 8.06. The lowest BCUT2D eigenvalue weighted by Crippen LogP contribution is -2.32. The zero-order chi connectivity index (χ0) is 23.0. The number of nitrogens with one attached hydrogen (secondary N) is 2. The van der Waals surface area contributed by atoms with Crippen LogP contribution in [0, 0.1) is 0 Å². The molecule has 0 aliphatic heterocycles. The van der Waals surface area contributed by atoms with Gasteiger partial charge in [-0.25, -0.2) is 0 Å². The topological polar surface area (TPSA) is 76.7 Å². The minimum absolute atomic E-state index is 0.135. The first-order valence-electron chi connectivity index (χ1n) is 11.2. The number of hydrogen-bond acceptors (Lipinski definition) is 4. The zero-order valence-corrected chi connectivity index (χ0v) is 18.7. The third-order valence-corrected chi connectivity index (χ3v) is 5.71. The molecule has 0 saturated heterocycles. The molecule has 0 atom stereocenters. The van der Waals surface area contributed by atoms with Gasteiger partial charge in [0, 0.05) is 17.3 Å². The van der Waals surface area contributed by atoms with Crippen molar-refractivity contribution in [1.29, 1.82) is 0 Å². The summed E-state index contributed by atoms with van der Waals surface area (Å²) >= 11 is 0. The van der Waals surface area contributed by atoms with Crippen molar-refractivity contribution in [3.05, 3.63) is 78.4 Å². The summed E-state index contributed by atoms with van der Waals surface area (Å²) in [6.07, 6.45) is 4.56. The molecular weight excluding hydrogens is 416 g/mol. The van der Waals surface area contributed by atoms with Gasteiger partial charge in [-0.05, 0) is 61.1 Å². The normalized spacial score (nSPS) is 13.4. The summed E-state index contributed by atoms with van der Waals surface area (Å²) in [6.45, 7) is -0.135. The lowest BCUT2D eigenvalue weighted by Gasteiger charge is -2.17. The van der Waals surface area contributed by atoms with Crippen LogP contribution >= 0.6 is 0 Å². The zero-order valence-electron chi connectivity index (χ0n) is 18.7. The Hall–Kier alpha value is -3.80. The van der Waals surface area contributed by atoms with Crippen molar-refractivity contribution in [2.45, 2.75) is 31.8 Å². The van der Waals surface area contributed by atoms with Gasteiger partial charge in [0.15, 0.2) is 11.5 Å². The molecular formula is C27H28N2O4. The summed E-state index contributed by atoms with van der Waals surface area (Å²) in [5, 5.41) is 5.47. The van der Waals surface area contributed by atoms with Gasteiger partial charge in [0.2, 0.25) is 5.91 Å². The molecule has 170 valence electrons. The Labute approximate surface area is 193 Å². The average molecular weight is 445 g/mol. The summed E-state index contributed by atoms with van der Waals surface area (Å²) < 4.78 is 11.5. The van der Waals surface area contributed by atoms with E-state index in [9.17, 15) is 9.59 Å². The SMILES string of the molecule is COc1ccc(NC(=O)CNC(=O)c2ccc(-c3ccccc3)cc2)cc1OC1CCCC1. The maximum Gasteiger partial charge on any atom is 0.251 e. The number of methoxy groups -OCH3 is 1. The molecule has 3 aromatic carbocycles. The van der Waals surface area contributed by atoms with E-state index in [1.165, 1.54) is 0 Å². The molecule has 33 heavy (non-hydrogen) atoms. The van der Waals surface area contributed by atoms with E-state index in [1.54, 1.807) is 37.4 Å². The molecule has 0 bridgehead atoms. The molecule has 6 heteroatoms. The lowest BCUT2D eigenvalue weighted by molar-refractivity contribution is -0.115. The Morgan fingerprint density at radius 1 is 0.879 bits per heavy atom. The van der Waals surface area contributed by atoms with E-state index >= 15 is 0 Å². The predicted molar refractivity (Wildman–Crippen MR) is 129 cm³/mol. The quantitative estimate of drug-likeness (QED) is 0.510. The van der Waals surface area contributed by atoms with E-state index in [0.717, 1.165) is 36.8 Å². The van der Waals surface area contributed by atoms with Gasteiger partial charge in [-0.3, -0.25) is 9.59 Å². The molecule has 1 fully saturated rings. The molecule has 0 heterocycles. The van der Waals surface area contributed by atoms with Crippen LogP contribution in [-0.4, -0.2) is 31.6 Å². The summed E-state index contributed by atoms with van der Waals surface area (Å²) in [5.41, 5.74) is 3.20. The molecule has 1 aliphatic rings. The van der Waals surface area contributed by atoms with Gasteiger partial charge >= 0.3 is 0 Å². The molecule has 0 radical (unpaired) electrons. The van der Waals surface area contributed by atoms with Gasteiger partial charge in [0.05, 0.1) is 19.8 Å². The van der Waals surface area contributed by atoms with Gasteiger partial charge in [0.25, 0.3) is 5.91 Å². The molecule has 1 aliphatic carbocycles. The van der Waals surface area contributed by atoms with Crippen LogP contribution in [0.15, 0.2) is 72.8 Å². The number of carbonyl (C=O) groups is 2. The molecule has 6 nitrogen and oxygen atoms in total. The number of carbonyl (C=O) groups excluding carboxylic acids is 2. The second-order valence-electron chi connectivity index (χ2n) is 8.06. The Kier molecular flexibility index (Phi) is 7.25. The van der Waals surface area contributed by atoms with Crippen molar-refractivity contribution in [3.63, 3.8) is 0 Å². The molecule has 3 aromatic rings. The molecule has 0 aromatic heterocycles. The summed E-state index contributed by atoms with van der Waals surface area (Å²) in [6, 6.07) is 22.5. The minimum atomic E-state index is -0.318. The third-order valence-electron chi connectivity index (χ3n) is 5.71. The van der Waals surface area contributed by atoms with Crippen molar-refractivity contribution in [2.24, 2.45) is 0 Å². The maximum atomic E-state index is 12.5. The van der Waals surface area contributed by atoms with Crippen molar-refractivity contribution < 1.29 is 19.1 Å². The van der Waals surface area contributed by atoms with Crippen LogP contribution in [0.4, 0.5) is 5.69 Å². The fourth-order valence-corrected chi connectivity index (χ4v) is 3.94. The van der Waals surface area contributed by atoms with E-state index < -0.39 is 0 Å².